The van der Waals surface area contributed by atoms with Crippen molar-refractivity contribution < 1.29 is 14.3 Å². The number of rotatable bonds is 5. The van der Waals surface area contributed by atoms with Crippen LogP contribution in [0, 0.1) is 6.92 Å². The smallest absolute Gasteiger partial charge is 0.328 e. The fourth-order valence-corrected chi connectivity index (χ4v) is 5.47. The Bertz CT molecular complexity index is 1430. The third-order valence-corrected chi connectivity index (χ3v) is 7.19. The molecule has 4 aromatic rings. The van der Waals surface area contributed by atoms with Gasteiger partial charge >= 0.3 is 5.97 Å². The first kappa shape index (κ1) is 20.4. The first-order valence-electron chi connectivity index (χ1n) is 10.4. The van der Waals surface area contributed by atoms with E-state index in [1.165, 1.54) is 18.4 Å². The number of nitrogens with zero attached hydrogens (tertiary/aromatic N) is 2. The van der Waals surface area contributed by atoms with E-state index in [4.69, 9.17) is 4.74 Å². The normalized spacial score (nSPS) is 13.9. The van der Waals surface area contributed by atoms with Crippen molar-refractivity contribution in [3.05, 3.63) is 62.6 Å². The van der Waals surface area contributed by atoms with Gasteiger partial charge in [0.25, 0.3) is 11.5 Å². The molecular formula is C23H22N4O4S. The van der Waals surface area contributed by atoms with Crippen LogP contribution in [0.4, 0.5) is 0 Å². The lowest BCUT2D eigenvalue weighted by atomic mass is 10.0. The molecule has 0 aliphatic carbocycles. The predicted molar refractivity (Wildman–Crippen MR) is 122 cm³/mol. The number of hydrogen-bond acceptors (Lipinski definition) is 6. The lowest BCUT2D eigenvalue weighted by Crippen LogP contribution is -2.43. The third-order valence-electron chi connectivity index (χ3n) is 6.01. The molecule has 0 saturated heterocycles. The van der Waals surface area contributed by atoms with Crippen molar-refractivity contribution in [1.29, 1.82) is 0 Å². The van der Waals surface area contributed by atoms with Gasteiger partial charge in [0.2, 0.25) is 0 Å². The van der Waals surface area contributed by atoms with Crippen LogP contribution in [0.3, 0.4) is 0 Å². The van der Waals surface area contributed by atoms with E-state index in [1.807, 2.05) is 30.5 Å². The maximum Gasteiger partial charge on any atom is 0.328 e. The Hall–Kier alpha value is -3.46. The number of amides is 1. The highest BCUT2D eigenvalue weighted by Crippen LogP contribution is 2.29. The van der Waals surface area contributed by atoms with Crippen molar-refractivity contribution in [3.63, 3.8) is 0 Å². The number of esters is 1. The van der Waals surface area contributed by atoms with Crippen molar-refractivity contribution in [2.24, 2.45) is 0 Å². The van der Waals surface area contributed by atoms with Crippen LogP contribution in [0.15, 0.2) is 35.3 Å². The molecule has 5 rings (SSSR count). The monoisotopic (exact) mass is 450 g/mol. The molecule has 1 aliphatic heterocycles. The summed E-state index contributed by atoms with van der Waals surface area (Å²) >= 11 is 1.19. The van der Waals surface area contributed by atoms with Gasteiger partial charge in [-0.2, -0.15) is 0 Å². The minimum atomic E-state index is -0.865. The zero-order chi connectivity index (χ0) is 22.4. The van der Waals surface area contributed by atoms with Crippen LogP contribution in [-0.2, 0) is 28.9 Å². The summed E-state index contributed by atoms with van der Waals surface area (Å²) < 4.78 is 6.64. The van der Waals surface area contributed by atoms with Gasteiger partial charge in [0, 0.05) is 36.5 Å². The molecule has 1 aliphatic rings. The number of ether oxygens (including phenoxy) is 1. The highest BCUT2D eigenvalue weighted by atomic mass is 32.1. The van der Waals surface area contributed by atoms with E-state index in [0.717, 1.165) is 35.1 Å². The van der Waals surface area contributed by atoms with Crippen LogP contribution < -0.4 is 10.9 Å². The maximum atomic E-state index is 13.2. The molecular weight excluding hydrogens is 428 g/mol. The van der Waals surface area contributed by atoms with Gasteiger partial charge in [-0.05, 0) is 30.5 Å². The summed E-state index contributed by atoms with van der Waals surface area (Å²) in [5.41, 5.74) is 2.36. The van der Waals surface area contributed by atoms with Crippen LogP contribution in [0.1, 0.15) is 33.0 Å². The third kappa shape index (κ3) is 3.29. The minimum Gasteiger partial charge on any atom is -0.467 e. The van der Waals surface area contributed by atoms with Crippen molar-refractivity contribution in [2.75, 3.05) is 7.11 Å². The van der Waals surface area contributed by atoms with E-state index in [2.05, 4.69) is 15.3 Å². The van der Waals surface area contributed by atoms with Gasteiger partial charge in [-0.1, -0.05) is 18.2 Å². The molecule has 1 aromatic carbocycles. The Kier molecular flexibility index (Phi) is 5.05. The molecule has 1 unspecified atom stereocenters. The number of hydrogen-bond donors (Lipinski definition) is 2. The van der Waals surface area contributed by atoms with E-state index >= 15 is 0 Å². The number of carbonyl (C=O) groups is 2. The van der Waals surface area contributed by atoms with Gasteiger partial charge in [-0.3, -0.25) is 14.2 Å². The lowest BCUT2D eigenvalue weighted by molar-refractivity contribution is -0.142. The number of fused-ring (bicyclic) bond motifs is 3. The second-order valence-electron chi connectivity index (χ2n) is 7.94. The second-order valence-corrected chi connectivity index (χ2v) is 8.94. The Balaban J connectivity index is 1.47. The quantitative estimate of drug-likeness (QED) is 0.455. The number of benzene rings is 1. The number of carbonyl (C=O) groups excluding carboxylic acids is 2. The minimum absolute atomic E-state index is 0.0985. The first-order chi connectivity index (χ1) is 15.5. The van der Waals surface area contributed by atoms with Crippen molar-refractivity contribution in [3.8, 4) is 0 Å². The molecule has 1 amide bonds. The standard InChI is InChI=1S/C23H22N4O4S/c1-12-18-21(26-17-8-5-9-27(17)22(18)29)32-19(12)20(28)25-16(23(30)31-2)10-13-11-24-15-7-4-3-6-14(13)15/h3-4,6-7,11,16,24H,5,8-10H2,1-2H3,(H,25,28). The van der Waals surface area contributed by atoms with E-state index in [9.17, 15) is 14.4 Å². The summed E-state index contributed by atoms with van der Waals surface area (Å²) in [4.78, 5) is 47.3. The number of aromatic amines is 1. The SMILES string of the molecule is COC(=O)C(Cc1c[nH]c2ccccc12)NC(=O)c1sc2nc3n(c(=O)c2c1C)CCC3. The number of thiophene rings is 1. The largest absolute Gasteiger partial charge is 0.467 e. The molecule has 32 heavy (non-hydrogen) atoms. The van der Waals surface area contributed by atoms with E-state index < -0.39 is 17.9 Å². The topological polar surface area (TPSA) is 106 Å². The van der Waals surface area contributed by atoms with Gasteiger partial charge in [0.15, 0.2) is 0 Å². The molecule has 0 bridgehead atoms. The van der Waals surface area contributed by atoms with Crippen LogP contribution in [0.2, 0.25) is 0 Å². The number of H-pyrrole nitrogens is 1. The molecule has 4 heterocycles. The van der Waals surface area contributed by atoms with Crippen molar-refractivity contribution >= 4 is 44.3 Å². The fourth-order valence-electron chi connectivity index (χ4n) is 4.37. The van der Waals surface area contributed by atoms with Gasteiger partial charge in [0.1, 0.15) is 16.7 Å². The van der Waals surface area contributed by atoms with Gasteiger partial charge < -0.3 is 15.0 Å². The average molecular weight is 451 g/mol. The molecule has 8 nitrogen and oxygen atoms in total. The number of para-hydroxylation sites is 1. The Morgan fingerprint density at radius 2 is 2.16 bits per heavy atom. The number of aryl methyl sites for hydroxylation is 2. The average Bonchev–Trinajstić information content (AvgIpc) is 3.51. The van der Waals surface area contributed by atoms with Crippen LogP contribution in [0.5, 0.6) is 0 Å². The van der Waals surface area contributed by atoms with E-state index in [1.54, 1.807) is 11.5 Å². The van der Waals surface area contributed by atoms with Crippen LogP contribution in [-0.4, -0.2) is 39.6 Å². The molecule has 0 radical (unpaired) electrons. The van der Waals surface area contributed by atoms with Gasteiger partial charge in [-0.25, -0.2) is 9.78 Å². The summed E-state index contributed by atoms with van der Waals surface area (Å²) in [5, 5.41) is 4.28. The predicted octanol–water partition coefficient (Wildman–Crippen LogP) is 2.71. The lowest BCUT2D eigenvalue weighted by Gasteiger charge is -2.16. The zero-order valence-electron chi connectivity index (χ0n) is 17.7. The molecule has 0 saturated carbocycles. The molecule has 0 spiro atoms. The second kappa shape index (κ2) is 7.90. The molecule has 1 atom stereocenters. The molecule has 9 heteroatoms. The molecule has 3 aromatic heterocycles. The first-order valence-corrected chi connectivity index (χ1v) is 11.3. The summed E-state index contributed by atoms with van der Waals surface area (Å²) in [7, 11) is 1.30. The highest BCUT2D eigenvalue weighted by molar-refractivity contribution is 7.20. The van der Waals surface area contributed by atoms with Crippen LogP contribution in [0.25, 0.3) is 21.1 Å². The summed E-state index contributed by atoms with van der Waals surface area (Å²) in [6.07, 6.45) is 3.78. The molecule has 2 N–H and O–H groups in total. The van der Waals surface area contributed by atoms with E-state index in [0.29, 0.717) is 27.2 Å². The number of nitrogens with one attached hydrogen (secondary N) is 2. The summed E-state index contributed by atoms with van der Waals surface area (Å²) in [6, 6.07) is 6.91. The highest BCUT2D eigenvalue weighted by Gasteiger charge is 2.28. The van der Waals surface area contributed by atoms with Gasteiger partial charge in [0.05, 0.1) is 17.4 Å². The van der Waals surface area contributed by atoms with Crippen molar-refractivity contribution in [2.45, 2.75) is 38.8 Å². The summed E-state index contributed by atoms with van der Waals surface area (Å²) in [5.74, 6) is -0.174. The molecule has 0 fully saturated rings. The zero-order valence-corrected chi connectivity index (χ0v) is 18.5. The molecule has 164 valence electrons. The number of methoxy groups -OCH3 is 1. The Labute approximate surface area is 187 Å². The fraction of sp³-hybridized carbons (Fsp3) is 0.304. The van der Waals surface area contributed by atoms with E-state index in [-0.39, 0.29) is 12.0 Å². The van der Waals surface area contributed by atoms with Crippen molar-refractivity contribution in [1.82, 2.24) is 19.9 Å². The number of aromatic nitrogens is 3. The van der Waals surface area contributed by atoms with Crippen LogP contribution >= 0.6 is 11.3 Å². The summed E-state index contributed by atoms with van der Waals surface area (Å²) in [6.45, 7) is 2.41. The van der Waals surface area contributed by atoms with Gasteiger partial charge in [-0.15, -0.1) is 11.3 Å². The Morgan fingerprint density at radius 3 is 2.97 bits per heavy atom. The Morgan fingerprint density at radius 1 is 1.34 bits per heavy atom. The maximum absolute atomic E-state index is 13.2.